The number of rotatable bonds is 3. The summed E-state index contributed by atoms with van der Waals surface area (Å²) in [5.74, 6) is -0.0144. The highest BCUT2D eigenvalue weighted by molar-refractivity contribution is 5.73. The topological polar surface area (TPSA) is 76.8 Å². The van der Waals surface area contributed by atoms with Gasteiger partial charge in [0.25, 0.3) is 0 Å². The molecule has 4 atom stereocenters. The Hall–Kier alpha value is -1.47. The van der Waals surface area contributed by atoms with Crippen LogP contribution in [0, 0.1) is 0 Å². The fourth-order valence-corrected chi connectivity index (χ4v) is 3.32. The Morgan fingerprint density at radius 1 is 1.41 bits per heavy atom. The number of carbonyl (C=O) groups is 1. The van der Waals surface area contributed by atoms with Crippen LogP contribution in [0.4, 0.5) is 0 Å². The largest absolute Gasteiger partial charge is 0.352 e. The molecule has 2 saturated heterocycles. The third kappa shape index (κ3) is 3.64. The minimum absolute atomic E-state index is 0.0144. The Kier molecular flexibility index (Phi) is 4.73. The predicted molar refractivity (Wildman–Crippen MR) is 81.7 cm³/mol. The van der Waals surface area contributed by atoms with E-state index in [9.17, 15) is 4.79 Å². The second-order valence-corrected chi connectivity index (χ2v) is 5.99. The summed E-state index contributed by atoms with van der Waals surface area (Å²) in [5, 5.41) is 3.00. The lowest BCUT2D eigenvalue weighted by Gasteiger charge is -2.47. The van der Waals surface area contributed by atoms with Gasteiger partial charge in [-0.2, -0.15) is 0 Å². The molecule has 2 fully saturated rings. The van der Waals surface area contributed by atoms with Gasteiger partial charge in [-0.15, -0.1) is 0 Å². The molecule has 3 N–H and O–H groups in total. The molecule has 4 unspecified atom stereocenters. The van der Waals surface area contributed by atoms with Crippen LogP contribution in [0.1, 0.15) is 18.9 Å². The first-order valence-electron chi connectivity index (χ1n) is 7.69. The highest BCUT2D eigenvalue weighted by atomic mass is 16.7. The zero-order valence-electron chi connectivity index (χ0n) is 12.8. The number of nitrogens with one attached hydrogen (secondary N) is 1. The molecule has 22 heavy (non-hydrogen) atoms. The molecule has 6 heteroatoms. The van der Waals surface area contributed by atoms with Gasteiger partial charge in [-0.3, -0.25) is 15.4 Å². The molecule has 120 valence electrons. The van der Waals surface area contributed by atoms with E-state index >= 15 is 0 Å². The van der Waals surface area contributed by atoms with Crippen LogP contribution < -0.4 is 11.1 Å². The molecule has 0 spiro atoms. The number of fused-ring (bicyclic) bond motifs is 1. The van der Waals surface area contributed by atoms with Gasteiger partial charge in [-0.05, 0) is 12.0 Å². The third-order valence-corrected chi connectivity index (χ3v) is 4.25. The monoisotopic (exact) mass is 305 g/mol. The molecule has 1 amide bonds. The van der Waals surface area contributed by atoms with Crippen LogP contribution in [0.25, 0.3) is 0 Å². The van der Waals surface area contributed by atoms with E-state index in [1.807, 2.05) is 18.2 Å². The summed E-state index contributed by atoms with van der Waals surface area (Å²) in [6.45, 7) is 3.70. The number of carbonyl (C=O) groups excluding carboxylic acids is 1. The summed E-state index contributed by atoms with van der Waals surface area (Å²) in [5.41, 5.74) is 6.97. The molecular formula is C16H23N3O3. The number of likely N-dealkylation sites (tertiary alicyclic amines) is 1. The van der Waals surface area contributed by atoms with Crippen LogP contribution in [0.2, 0.25) is 0 Å². The number of benzene rings is 1. The zero-order chi connectivity index (χ0) is 15.5. The van der Waals surface area contributed by atoms with Crippen molar-refractivity contribution in [2.75, 3.05) is 13.2 Å². The number of amides is 1. The molecule has 0 aliphatic carbocycles. The van der Waals surface area contributed by atoms with Crippen molar-refractivity contribution in [3.8, 4) is 0 Å². The maximum atomic E-state index is 11.4. The first-order chi connectivity index (χ1) is 10.6. The van der Waals surface area contributed by atoms with E-state index in [4.69, 9.17) is 15.2 Å². The second kappa shape index (κ2) is 6.75. The molecule has 0 aromatic heterocycles. The zero-order valence-corrected chi connectivity index (χ0v) is 12.8. The first-order valence-corrected chi connectivity index (χ1v) is 7.69. The van der Waals surface area contributed by atoms with Crippen LogP contribution >= 0.6 is 0 Å². The lowest BCUT2D eigenvalue weighted by Crippen LogP contribution is -2.63. The van der Waals surface area contributed by atoms with Crippen LogP contribution in [0.3, 0.4) is 0 Å². The lowest BCUT2D eigenvalue weighted by atomic mass is 9.94. The molecule has 1 aromatic rings. The van der Waals surface area contributed by atoms with Crippen molar-refractivity contribution in [3.05, 3.63) is 35.9 Å². The van der Waals surface area contributed by atoms with Crippen molar-refractivity contribution in [2.45, 2.75) is 44.5 Å². The van der Waals surface area contributed by atoms with Gasteiger partial charge in [0, 0.05) is 26.1 Å². The van der Waals surface area contributed by atoms with Gasteiger partial charge in [-0.1, -0.05) is 30.3 Å². The fourth-order valence-electron chi connectivity index (χ4n) is 3.32. The third-order valence-electron chi connectivity index (χ3n) is 4.25. The van der Waals surface area contributed by atoms with Gasteiger partial charge in [0.1, 0.15) is 0 Å². The van der Waals surface area contributed by atoms with Gasteiger partial charge < -0.3 is 14.8 Å². The standard InChI is InChI=1S/C16H23N3O3/c1-11(20)18-13-7-15-14(10-21-16(17)22-15)19(9-13)8-12-5-3-2-4-6-12/h2-6,13-16H,7-10,17H2,1H3,(H,18,20). The van der Waals surface area contributed by atoms with Crippen molar-refractivity contribution < 1.29 is 14.3 Å². The summed E-state index contributed by atoms with van der Waals surface area (Å²) in [7, 11) is 0. The summed E-state index contributed by atoms with van der Waals surface area (Å²) < 4.78 is 11.2. The molecular weight excluding hydrogens is 282 g/mol. The SMILES string of the molecule is CC(=O)NC1CC2OC(N)OCC2N(Cc2ccccc2)C1. The Balaban J connectivity index is 1.74. The van der Waals surface area contributed by atoms with Crippen LogP contribution in [0.5, 0.6) is 0 Å². The average Bonchev–Trinajstić information content (AvgIpc) is 2.47. The summed E-state index contributed by atoms with van der Waals surface area (Å²) in [6, 6.07) is 10.5. The second-order valence-electron chi connectivity index (χ2n) is 5.99. The lowest BCUT2D eigenvalue weighted by molar-refractivity contribution is -0.249. The van der Waals surface area contributed by atoms with E-state index in [2.05, 4.69) is 22.3 Å². The van der Waals surface area contributed by atoms with Gasteiger partial charge >= 0.3 is 0 Å². The van der Waals surface area contributed by atoms with Gasteiger partial charge in [0.15, 0.2) is 0 Å². The number of hydrogen-bond acceptors (Lipinski definition) is 5. The van der Waals surface area contributed by atoms with Crippen molar-refractivity contribution in [2.24, 2.45) is 5.73 Å². The minimum Gasteiger partial charge on any atom is -0.352 e. The average molecular weight is 305 g/mol. The van der Waals surface area contributed by atoms with E-state index in [-0.39, 0.29) is 24.1 Å². The van der Waals surface area contributed by atoms with Gasteiger partial charge in [-0.25, -0.2) is 0 Å². The number of nitrogens with two attached hydrogens (primary N) is 1. The van der Waals surface area contributed by atoms with Crippen LogP contribution in [-0.2, 0) is 20.8 Å². The quantitative estimate of drug-likeness (QED) is 0.846. The summed E-state index contributed by atoms with van der Waals surface area (Å²) >= 11 is 0. The van der Waals surface area contributed by atoms with E-state index in [1.165, 1.54) is 5.56 Å². The summed E-state index contributed by atoms with van der Waals surface area (Å²) in [4.78, 5) is 13.7. The molecule has 6 nitrogen and oxygen atoms in total. The van der Waals surface area contributed by atoms with Crippen molar-refractivity contribution in [1.82, 2.24) is 10.2 Å². The fraction of sp³-hybridized carbons (Fsp3) is 0.562. The van der Waals surface area contributed by atoms with Gasteiger partial charge in [0.2, 0.25) is 12.3 Å². The molecule has 2 aliphatic heterocycles. The highest BCUT2D eigenvalue weighted by Crippen LogP contribution is 2.27. The predicted octanol–water partition coefficient (Wildman–Crippen LogP) is 0.423. The maximum absolute atomic E-state index is 11.4. The molecule has 0 saturated carbocycles. The van der Waals surface area contributed by atoms with Crippen molar-refractivity contribution in [1.29, 1.82) is 0 Å². The number of hydrogen-bond donors (Lipinski definition) is 2. The molecule has 2 aliphatic rings. The Morgan fingerprint density at radius 2 is 2.18 bits per heavy atom. The number of ether oxygens (including phenoxy) is 2. The maximum Gasteiger partial charge on any atom is 0.217 e. The normalized spacial score (nSPS) is 32.3. The first kappa shape index (κ1) is 15.4. The van der Waals surface area contributed by atoms with E-state index in [0.29, 0.717) is 6.61 Å². The summed E-state index contributed by atoms with van der Waals surface area (Å²) in [6.07, 6.45) is 0.0843. The van der Waals surface area contributed by atoms with Crippen molar-refractivity contribution in [3.63, 3.8) is 0 Å². The van der Waals surface area contributed by atoms with E-state index in [1.54, 1.807) is 6.92 Å². The smallest absolute Gasteiger partial charge is 0.217 e. The van der Waals surface area contributed by atoms with E-state index in [0.717, 1.165) is 19.5 Å². The number of piperidine rings is 1. The molecule has 0 radical (unpaired) electrons. The Bertz CT molecular complexity index is 511. The molecule has 2 heterocycles. The van der Waals surface area contributed by atoms with E-state index < -0.39 is 6.41 Å². The molecule has 0 bridgehead atoms. The molecule has 3 rings (SSSR count). The number of nitrogens with zero attached hydrogens (tertiary/aromatic N) is 1. The highest BCUT2D eigenvalue weighted by Gasteiger charge is 2.41. The van der Waals surface area contributed by atoms with Crippen LogP contribution in [0.15, 0.2) is 30.3 Å². The molecule has 1 aromatic carbocycles. The minimum atomic E-state index is -0.670. The van der Waals surface area contributed by atoms with Crippen LogP contribution in [-0.4, -0.2) is 48.6 Å². The van der Waals surface area contributed by atoms with Gasteiger partial charge in [0.05, 0.1) is 18.8 Å². The van der Waals surface area contributed by atoms with Crippen molar-refractivity contribution >= 4 is 5.91 Å². The Labute approximate surface area is 130 Å². The Morgan fingerprint density at radius 3 is 2.91 bits per heavy atom.